The number of aryl methyl sites for hydroxylation is 1. The lowest BCUT2D eigenvalue weighted by molar-refractivity contribution is 0.328. The fourth-order valence-corrected chi connectivity index (χ4v) is 1.31. The summed E-state index contributed by atoms with van der Waals surface area (Å²) in [7, 11) is 0. The lowest BCUT2D eigenvalue weighted by Crippen LogP contribution is -2.10. The summed E-state index contributed by atoms with van der Waals surface area (Å²) in [5.74, 6) is 0.890. The van der Waals surface area contributed by atoms with Crippen LogP contribution < -0.4 is 10.5 Å². The summed E-state index contributed by atoms with van der Waals surface area (Å²) in [4.78, 5) is 0. The molecule has 0 aliphatic heterocycles. The van der Waals surface area contributed by atoms with Gasteiger partial charge >= 0.3 is 0 Å². The summed E-state index contributed by atoms with van der Waals surface area (Å²) < 4.78 is 5.29. The van der Waals surface area contributed by atoms with Crippen molar-refractivity contribution in [3.05, 3.63) is 29.8 Å². The summed E-state index contributed by atoms with van der Waals surface area (Å²) in [5, 5.41) is 0. The van der Waals surface area contributed by atoms with Gasteiger partial charge in [-0.15, -0.1) is 0 Å². The molecule has 17 heavy (non-hydrogen) atoms. The van der Waals surface area contributed by atoms with Crippen molar-refractivity contribution in [2.45, 2.75) is 46.5 Å². The molecule has 0 aliphatic carbocycles. The Labute approximate surface area is 106 Å². The summed E-state index contributed by atoms with van der Waals surface area (Å²) in [6.07, 6.45) is 5.54. The largest absolute Gasteiger partial charge is 0.492 e. The molecule has 0 fully saturated rings. The number of hydrogen-bond acceptors (Lipinski definition) is 2. The molecule has 0 saturated heterocycles. The molecule has 0 atom stereocenters. The van der Waals surface area contributed by atoms with Crippen LogP contribution >= 0.6 is 0 Å². The van der Waals surface area contributed by atoms with Crippen molar-refractivity contribution in [2.75, 3.05) is 13.2 Å². The van der Waals surface area contributed by atoms with E-state index in [1.807, 2.05) is 31.2 Å². The molecule has 0 spiro atoms. The molecule has 2 N–H and O–H groups in total. The highest BCUT2D eigenvalue weighted by atomic mass is 16.5. The smallest absolute Gasteiger partial charge is 0.119 e. The van der Waals surface area contributed by atoms with Crippen molar-refractivity contribution < 1.29 is 4.74 Å². The number of unbranched alkanes of at least 4 members (excludes halogenated alkanes) is 3. The molecule has 0 heterocycles. The first-order valence-electron chi connectivity index (χ1n) is 6.64. The van der Waals surface area contributed by atoms with Crippen LogP contribution in [0, 0.1) is 6.92 Å². The minimum absolute atomic E-state index is 0.563. The van der Waals surface area contributed by atoms with Crippen LogP contribution in [0.5, 0.6) is 5.75 Å². The molecule has 2 heteroatoms. The van der Waals surface area contributed by atoms with E-state index in [1.54, 1.807) is 0 Å². The molecule has 2 nitrogen and oxygen atoms in total. The summed E-state index contributed by atoms with van der Waals surface area (Å²) in [6.45, 7) is 7.66. The first-order valence-corrected chi connectivity index (χ1v) is 6.64. The van der Waals surface area contributed by atoms with Gasteiger partial charge in [0.25, 0.3) is 0 Å². The van der Waals surface area contributed by atoms with Crippen LogP contribution in [0.2, 0.25) is 0 Å². The lowest BCUT2D eigenvalue weighted by Gasteiger charge is -2.03. The Bertz CT molecular complexity index is 252. The number of ether oxygens (including phenoxy) is 1. The second kappa shape index (κ2) is 11.5. The van der Waals surface area contributed by atoms with E-state index in [1.165, 1.54) is 31.2 Å². The van der Waals surface area contributed by atoms with Gasteiger partial charge in [-0.05, 0) is 19.1 Å². The maximum absolute atomic E-state index is 5.29. The van der Waals surface area contributed by atoms with E-state index in [2.05, 4.69) is 13.8 Å². The molecule has 0 saturated carbocycles. The lowest BCUT2D eigenvalue weighted by atomic mass is 10.2. The minimum atomic E-state index is 0.563. The highest BCUT2D eigenvalue weighted by Gasteiger charge is 1.89. The molecule has 1 rings (SSSR count). The molecular weight excluding hydrogens is 210 g/mol. The average molecular weight is 237 g/mol. The molecule has 0 radical (unpaired) electrons. The van der Waals surface area contributed by atoms with Gasteiger partial charge < -0.3 is 10.5 Å². The van der Waals surface area contributed by atoms with Crippen LogP contribution in [-0.4, -0.2) is 13.2 Å². The van der Waals surface area contributed by atoms with Gasteiger partial charge in [-0.3, -0.25) is 0 Å². The van der Waals surface area contributed by atoms with E-state index in [9.17, 15) is 0 Å². The van der Waals surface area contributed by atoms with Gasteiger partial charge in [-0.2, -0.15) is 0 Å². The van der Waals surface area contributed by atoms with Crippen molar-refractivity contribution in [1.82, 2.24) is 0 Å². The highest BCUT2D eigenvalue weighted by Crippen LogP contribution is 2.10. The zero-order valence-corrected chi connectivity index (χ0v) is 11.5. The van der Waals surface area contributed by atoms with Gasteiger partial charge in [-0.25, -0.2) is 0 Å². The van der Waals surface area contributed by atoms with Crippen LogP contribution in [0.3, 0.4) is 0 Å². The van der Waals surface area contributed by atoms with Gasteiger partial charge in [0.2, 0.25) is 0 Å². The van der Waals surface area contributed by atoms with Crippen LogP contribution in [0.25, 0.3) is 0 Å². The topological polar surface area (TPSA) is 35.2 Å². The summed E-state index contributed by atoms with van der Waals surface area (Å²) in [6, 6.07) is 7.94. The molecule has 0 unspecified atom stereocenters. The van der Waals surface area contributed by atoms with E-state index >= 15 is 0 Å². The maximum atomic E-state index is 5.29. The zero-order chi connectivity index (χ0) is 12.9. The van der Waals surface area contributed by atoms with Crippen molar-refractivity contribution in [1.29, 1.82) is 0 Å². The fraction of sp³-hybridized carbons (Fsp3) is 0.600. The van der Waals surface area contributed by atoms with E-state index in [-0.39, 0.29) is 0 Å². The van der Waals surface area contributed by atoms with Gasteiger partial charge in [0.05, 0.1) is 0 Å². The quantitative estimate of drug-likeness (QED) is 0.761. The Hall–Kier alpha value is -1.02. The maximum Gasteiger partial charge on any atom is 0.119 e. The third kappa shape index (κ3) is 9.88. The van der Waals surface area contributed by atoms with E-state index in [0.717, 1.165) is 5.75 Å². The monoisotopic (exact) mass is 237 g/mol. The van der Waals surface area contributed by atoms with Crippen molar-refractivity contribution >= 4 is 0 Å². The molecule has 98 valence electrons. The van der Waals surface area contributed by atoms with Gasteiger partial charge in [0, 0.05) is 6.54 Å². The first-order chi connectivity index (χ1) is 8.24. The minimum Gasteiger partial charge on any atom is -0.492 e. The molecule has 0 bridgehead atoms. The standard InChI is InChI=1S/C9H13NO.C6H14/c1-8-2-4-9(5-3-8)11-7-6-10;1-3-5-6-4-2/h2-5H,6-7,10H2,1H3;3-6H2,1-2H3. The molecular formula is C15H27NO. The van der Waals surface area contributed by atoms with Crippen LogP contribution in [0.1, 0.15) is 45.1 Å². The van der Waals surface area contributed by atoms with Gasteiger partial charge in [-0.1, -0.05) is 57.2 Å². The Morgan fingerprint density at radius 1 is 1.00 bits per heavy atom. The van der Waals surface area contributed by atoms with Crippen LogP contribution in [-0.2, 0) is 0 Å². The van der Waals surface area contributed by atoms with E-state index < -0.39 is 0 Å². The molecule has 0 aliphatic rings. The average Bonchev–Trinajstić information content (AvgIpc) is 2.36. The SMILES string of the molecule is CCCCCC.Cc1ccc(OCCN)cc1. The predicted molar refractivity (Wildman–Crippen MR) is 75.5 cm³/mol. The third-order valence-corrected chi connectivity index (χ3v) is 2.36. The number of nitrogens with two attached hydrogens (primary N) is 1. The number of benzene rings is 1. The number of hydrogen-bond donors (Lipinski definition) is 1. The summed E-state index contributed by atoms with van der Waals surface area (Å²) >= 11 is 0. The highest BCUT2D eigenvalue weighted by molar-refractivity contribution is 5.26. The van der Waals surface area contributed by atoms with Crippen molar-refractivity contribution in [2.24, 2.45) is 5.73 Å². The molecule has 0 amide bonds. The first kappa shape index (κ1) is 16.0. The summed E-state index contributed by atoms with van der Waals surface area (Å²) in [5.41, 5.74) is 6.52. The van der Waals surface area contributed by atoms with Gasteiger partial charge in [0.15, 0.2) is 0 Å². The molecule has 1 aromatic rings. The molecule has 1 aromatic carbocycles. The van der Waals surface area contributed by atoms with Crippen LogP contribution in [0.15, 0.2) is 24.3 Å². The number of rotatable bonds is 6. The Morgan fingerprint density at radius 3 is 1.94 bits per heavy atom. The fourth-order valence-electron chi connectivity index (χ4n) is 1.31. The molecule has 0 aromatic heterocycles. The Balaban J connectivity index is 0.000000366. The van der Waals surface area contributed by atoms with E-state index in [0.29, 0.717) is 13.2 Å². The van der Waals surface area contributed by atoms with Crippen LogP contribution in [0.4, 0.5) is 0 Å². The van der Waals surface area contributed by atoms with Crippen molar-refractivity contribution in [3.63, 3.8) is 0 Å². The predicted octanol–water partition coefficient (Wildman–Crippen LogP) is 3.92. The zero-order valence-electron chi connectivity index (χ0n) is 11.5. The second-order valence-electron chi connectivity index (χ2n) is 4.16. The van der Waals surface area contributed by atoms with Gasteiger partial charge in [0.1, 0.15) is 12.4 Å². The van der Waals surface area contributed by atoms with Crippen molar-refractivity contribution in [3.8, 4) is 5.75 Å². The Morgan fingerprint density at radius 2 is 1.53 bits per heavy atom. The van der Waals surface area contributed by atoms with E-state index in [4.69, 9.17) is 10.5 Å². The third-order valence-electron chi connectivity index (χ3n) is 2.36. The second-order valence-corrected chi connectivity index (χ2v) is 4.16. The normalized spacial score (nSPS) is 9.41. The Kier molecular flexibility index (Phi) is 10.8.